The van der Waals surface area contributed by atoms with Crippen LogP contribution in [-0.2, 0) is 16.6 Å². The smallest absolute Gasteiger partial charge is 0.242 e. The first-order chi connectivity index (χ1) is 9.10. The fourth-order valence-electron chi connectivity index (χ4n) is 1.71. The first-order valence-electron chi connectivity index (χ1n) is 6.46. The first-order valence-corrected chi connectivity index (χ1v) is 9.34. The number of hydrogen-bond donors (Lipinski definition) is 3. The molecule has 0 amide bonds. The third-order valence-electron chi connectivity index (χ3n) is 2.81. The normalized spacial score (nSPS) is 11.9. The van der Waals surface area contributed by atoms with E-state index in [4.69, 9.17) is 5.73 Å². The van der Waals surface area contributed by atoms with Crippen molar-refractivity contribution in [2.75, 3.05) is 18.6 Å². The Labute approximate surface area is 119 Å². The number of thioether (sulfide) groups is 1. The van der Waals surface area contributed by atoms with Crippen LogP contribution in [0.3, 0.4) is 0 Å². The molecule has 0 spiro atoms. The van der Waals surface area contributed by atoms with E-state index in [0.717, 1.165) is 25.0 Å². The summed E-state index contributed by atoms with van der Waals surface area (Å²) >= 11 is 1.85. The Balaban J connectivity index is 2.27. The van der Waals surface area contributed by atoms with Gasteiger partial charge in [0.15, 0.2) is 0 Å². The van der Waals surface area contributed by atoms with Gasteiger partial charge in [-0.15, -0.1) is 0 Å². The quantitative estimate of drug-likeness (QED) is 0.574. The summed E-state index contributed by atoms with van der Waals surface area (Å²) in [5.74, 6) is 1.18. The lowest BCUT2D eigenvalue weighted by molar-refractivity contribution is 0.574. The molecule has 0 aliphatic carbocycles. The standard InChI is InChI=1S/C12H23N3O2S2/c1-18-7-5-3-2-4-6-15-19(16,17)12-8-11(9-13)14-10-12/h8,10,14-15H,2-7,9,13H2,1H3. The number of unbranched alkanes of at least 4 members (excludes halogenated alkanes) is 3. The number of H-pyrrole nitrogens is 1. The van der Waals surface area contributed by atoms with Crippen molar-refractivity contribution >= 4 is 21.8 Å². The van der Waals surface area contributed by atoms with Gasteiger partial charge in [0.25, 0.3) is 0 Å². The minimum absolute atomic E-state index is 0.260. The van der Waals surface area contributed by atoms with Crippen LogP contribution in [0.2, 0.25) is 0 Å². The van der Waals surface area contributed by atoms with Crippen LogP contribution in [0.15, 0.2) is 17.2 Å². The predicted molar refractivity (Wildman–Crippen MR) is 80.7 cm³/mol. The summed E-state index contributed by atoms with van der Waals surface area (Å²) in [5.41, 5.74) is 6.16. The summed E-state index contributed by atoms with van der Waals surface area (Å²) in [6.45, 7) is 0.801. The molecule has 0 aliphatic rings. The molecule has 0 radical (unpaired) electrons. The van der Waals surface area contributed by atoms with E-state index in [1.54, 1.807) is 6.07 Å². The molecule has 0 saturated heterocycles. The Morgan fingerprint density at radius 2 is 2.05 bits per heavy atom. The number of rotatable bonds is 10. The minimum Gasteiger partial charge on any atom is -0.363 e. The second kappa shape index (κ2) is 8.63. The van der Waals surface area contributed by atoms with Crippen LogP contribution in [0, 0.1) is 0 Å². The molecule has 110 valence electrons. The number of sulfonamides is 1. The summed E-state index contributed by atoms with van der Waals surface area (Å²) in [6, 6.07) is 1.57. The Morgan fingerprint density at radius 3 is 2.68 bits per heavy atom. The molecule has 0 aromatic carbocycles. The number of nitrogens with two attached hydrogens (primary N) is 1. The van der Waals surface area contributed by atoms with Crippen LogP contribution >= 0.6 is 11.8 Å². The molecule has 1 heterocycles. The summed E-state index contributed by atoms with van der Waals surface area (Å²) in [7, 11) is -3.39. The third-order valence-corrected chi connectivity index (χ3v) is 4.95. The second-order valence-electron chi connectivity index (χ2n) is 4.37. The van der Waals surface area contributed by atoms with E-state index in [-0.39, 0.29) is 4.90 Å². The molecule has 0 saturated carbocycles. The molecule has 19 heavy (non-hydrogen) atoms. The zero-order valence-corrected chi connectivity index (χ0v) is 12.9. The Morgan fingerprint density at radius 1 is 1.32 bits per heavy atom. The third kappa shape index (κ3) is 5.99. The topological polar surface area (TPSA) is 88.0 Å². The molecule has 1 rings (SSSR count). The molecule has 0 fully saturated rings. The summed E-state index contributed by atoms with van der Waals surface area (Å²) < 4.78 is 26.5. The van der Waals surface area contributed by atoms with Crippen LogP contribution in [0.1, 0.15) is 31.4 Å². The van der Waals surface area contributed by atoms with Crippen LogP contribution < -0.4 is 10.5 Å². The number of nitrogens with one attached hydrogen (secondary N) is 2. The molecule has 0 aliphatic heterocycles. The van der Waals surface area contributed by atoms with E-state index in [9.17, 15) is 8.42 Å². The van der Waals surface area contributed by atoms with Gasteiger partial charge < -0.3 is 10.7 Å². The maximum Gasteiger partial charge on any atom is 0.242 e. The zero-order valence-electron chi connectivity index (χ0n) is 11.3. The van der Waals surface area contributed by atoms with Crippen molar-refractivity contribution in [1.29, 1.82) is 0 Å². The van der Waals surface area contributed by atoms with Crippen LogP contribution in [0.25, 0.3) is 0 Å². The van der Waals surface area contributed by atoms with Crippen molar-refractivity contribution in [2.45, 2.75) is 37.1 Å². The van der Waals surface area contributed by atoms with Gasteiger partial charge in [-0.3, -0.25) is 0 Å². The van der Waals surface area contributed by atoms with E-state index in [1.807, 2.05) is 11.8 Å². The van der Waals surface area contributed by atoms with Crippen molar-refractivity contribution < 1.29 is 8.42 Å². The van der Waals surface area contributed by atoms with Gasteiger partial charge in [0.1, 0.15) is 0 Å². The highest BCUT2D eigenvalue weighted by Gasteiger charge is 2.14. The lowest BCUT2D eigenvalue weighted by Gasteiger charge is -2.04. The molecule has 1 aromatic heterocycles. The molecule has 5 nitrogen and oxygen atoms in total. The van der Waals surface area contributed by atoms with Gasteiger partial charge in [0.2, 0.25) is 10.0 Å². The van der Waals surface area contributed by atoms with Gasteiger partial charge in [0.05, 0.1) is 4.90 Å². The fraction of sp³-hybridized carbons (Fsp3) is 0.667. The highest BCUT2D eigenvalue weighted by Crippen LogP contribution is 2.10. The summed E-state index contributed by atoms with van der Waals surface area (Å²) in [4.78, 5) is 3.10. The molecule has 7 heteroatoms. The Bertz CT molecular complexity index is 457. The largest absolute Gasteiger partial charge is 0.363 e. The Hall–Kier alpha value is -0.500. The molecule has 0 atom stereocenters. The highest BCUT2D eigenvalue weighted by molar-refractivity contribution is 7.98. The summed E-state index contributed by atoms with van der Waals surface area (Å²) in [5, 5.41) is 0. The van der Waals surface area contributed by atoms with Gasteiger partial charge in [-0.05, 0) is 30.9 Å². The van der Waals surface area contributed by atoms with Gasteiger partial charge in [-0.1, -0.05) is 12.8 Å². The maximum absolute atomic E-state index is 11.9. The molecule has 0 unspecified atom stereocenters. The van der Waals surface area contributed by atoms with E-state index >= 15 is 0 Å². The van der Waals surface area contributed by atoms with Gasteiger partial charge in [-0.25, -0.2) is 13.1 Å². The monoisotopic (exact) mass is 305 g/mol. The second-order valence-corrected chi connectivity index (χ2v) is 7.12. The van der Waals surface area contributed by atoms with Crippen molar-refractivity contribution in [2.24, 2.45) is 5.73 Å². The van der Waals surface area contributed by atoms with Crippen molar-refractivity contribution in [3.8, 4) is 0 Å². The number of aromatic amines is 1. The average molecular weight is 305 g/mol. The lowest BCUT2D eigenvalue weighted by atomic mass is 10.2. The maximum atomic E-state index is 11.9. The average Bonchev–Trinajstić information content (AvgIpc) is 2.87. The van der Waals surface area contributed by atoms with Gasteiger partial charge in [0, 0.05) is 25.0 Å². The molecular formula is C12H23N3O2S2. The zero-order chi connectivity index (χ0) is 14.1. The van der Waals surface area contributed by atoms with Crippen molar-refractivity contribution in [3.63, 3.8) is 0 Å². The fourth-order valence-corrected chi connectivity index (χ4v) is 3.29. The number of aromatic nitrogens is 1. The summed E-state index contributed by atoms with van der Waals surface area (Å²) in [6.07, 6.45) is 7.87. The van der Waals surface area contributed by atoms with E-state index in [2.05, 4.69) is 16.0 Å². The molecule has 1 aromatic rings. The van der Waals surface area contributed by atoms with Crippen LogP contribution in [0.5, 0.6) is 0 Å². The molecular weight excluding hydrogens is 282 g/mol. The predicted octanol–water partition coefficient (Wildman–Crippen LogP) is 1.68. The van der Waals surface area contributed by atoms with Crippen molar-refractivity contribution in [1.82, 2.24) is 9.71 Å². The van der Waals surface area contributed by atoms with E-state index < -0.39 is 10.0 Å². The van der Waals surface area contributed by atoms with Crippen molar-refractivity contribution in [3.05, 3.63) is 18.0 Å². The lowest BCUT2D eigenvalue weighted by Crippen LogP contribution is -2.24. The minimum atomic E-state index is -3.39. The highest BCUT2D eigenvalue weighted by atomic mass is 32.2. The van der Waals surface area contributed by atoms with E-state index in [0.29, 0.717) is 13.1 Å². The van der Waals surface area contributed by atoms with Crippen LogP contribution in [-0.4, -0.2) is 32.0 Å². The van der Waals surface area contributed by atoms with Gasteiger partial charge in [-0.2, -0.15) is 11.8 Å². The molecule has 4 N–H and O–H groups in total. The first kappa shape index (κ1) is 16.6. The van der Waals surface area contributed by atoms with Crippen LogP contribution in [0.4, 0.5) is 0 Å². The number of hydrogen-bond acceptors (Lipinski definition) is 4. The molecule has 0 bridgehead atoms. The SMILES string of the molecule is CSCCCCCCNS(=O)(=O)c1c[nH]c(CN)c1. The Kier molecular flexibility index (Phi) is 7.52. The van der Waals surface area contributed by atoms with E-state index in [1.165, 1.54) is 18.4 Å². The van der Waals surface area contributed by atoms with Gasteiger partial charge >= 0.3 is 0 Å².